The van der Waals surface area contributed by atoms with E-state index in [9.17, 15) is 0 Å². The van der Waals surface area contributed by atoms with Crippen LogP contribution in [0.5, 0.6) is 0 Å². The summed E-state index contributed by atoms with van der Waals surface area (Å²) in [5.41, 5.74) is 0. The zero-order chi connectivity index (χ0) is 4.28. The molecule has 0 spiro atoms. The van der Waals surface area contributed by atoms with E-state index in [1.165, 1.54) is 0 Å². The summed E-state index contributed by atoms with van der Waals surface area (Å²) in [7, 11) is 0. The summed E-state index contributed by atoms with van der Waals surface area (Å²) in [4.78, 5) is 11.8. The van der Waals surface area contributed by atoms with Crippen LogP contribution in [0.4, 0.5) is 0 Å². The Labute approximate surface area is 66.5 Å². The van der Waals surface area contributed by atoms with Gasteiger partial charge in [-0.25, -0.2) is 4.94 Å². The molecule has 6 heteroatoms. The van der Waals surface area contributed by atoms with Gasteiger partial charge in [0.15, 0.2) is 0 Å². The molecule has 0 aliphatic rings. The van der Waals surface area contributed by atoms with Crippen molar-refractivity contribution in [2.24, 2.45) is 5.90 Å². The first-order chi connectivity index (χ1) is 2.27. The van der Waals surface area contributed by atoms with E-state index in [0.29, 0.717) is 0 Å². The smallest absolute Gasteiger partial charge is 1.00 e. The molecule has 0 radical (unpaired) electrons. The molecule has 0 unspecified atom stereocenters. The number of hydrogen-bond donors (Lipinski definition) is 1. The van der Waals surface area contributed by atoms with E-state index < -0.39 is 5.09 Å². The number of nitrogens with two attached hydrogens (primary N) is 1. The Morgan fingerprint density at radius 1 is 2.00 bits per heavy atom. The van der Waals surface area contributed by atoms with Crippen LogP contribution in [0.25, 0.3) is 0 Å². The summed E-state index contributed by atoms with van der Waals surface area (Å²) < 4.78 is 0. The second kappa shape index (κ2) is 5.42. The molecule has 0 heterocycles. The molecule has 0 saturated carbocycles. The Balaban J connectivity index is -0.0000000267. The third-order valence-electron chi connectivity index (χ3n) is 0.0861. The monoisotopic (exact) mass is 120 g/mol. The van der Waals surface area contributed by atoms with E-state index in [1.54, 1.807) is 0 Å². The number of hydrogen-bond acceptors (Lipinski definition) is 4. The van der Waals surface area contributed by atoms with Crippen LogP contribution in [0.1, 0.15) is 2.85 Å². The predicted molar refractivity (Wildman–Crippen MR) is 20.2 cm³/mol. The molecular weight excluding hydrogens is 116 g/mol. The SMILES string of the molecule is NO[N+](=O)[O-].[Ca+2].[H-].[H-]. The summed E-state index contributed by atoms with van der Waals surface area (Å²) >= 11 is 0. The van der Waals surface area contributed by atoms with Crippen molar-refractivity contribution in [3.8, 4) is 0 Å². The minimum absolute atomic E-state index is 0. The van der Waals surface area contributed by atoms with Gasteiger partial charge in [0.25, 0.3) is 0 Å². The molecule has 0 fully saturated rings. The number of nitrogens with zero attached hydrogens (tertiary/aromatic N) is 1. The van der Waals surface area contributed by atoms with Crippen molar-refractivity contribution >= 4 is 37.7 Å². The van der Waals surface area contributed by atoms with Crippen molar-refractivity contribution in [1.82, 2.24) is 0 Å². The molecule has 0 aliphatic carbocycles. The van der Waals surface area contributed by atoms with Gasteiger partial charge in [0.05, 0.1) is 0 Å². The van der Waals surface area contributed by atoms with E-state index in [2.05, 4.69) is 10.8 Å². The molecule has 0 aliphatic heterocycles. The summed E-state index contributed by atoms with van der Waals surface area (Å²) in [6.07, 6.45) is 0. The van der Waals surface area contributed by atoms with Gasteiger partial charge in [-0.2, -0.15) is 5.90 Å². The Morgan fingerprint density at radius 3 is 2.17 bits per heavy atom. The molecule has 0 rings (SSSR count). The van der Waals surface area contributed by atoms with Crippen LogP contribution in [-0.2, 0) is 4.94 Å². The van der Waals surface area contributed by atoms with Crippen molar-refractivity contribution in [3.63, 3.8) is 0 Å². The Bertz CT molecular complexity index is 50.5. The van der Waals surface area contributed by atoms with Gasteiger partial charge in [0.2, 0.25) is 0 Å². The van der Waals surface area contributed by atoms with E-state index in [4.69, 9.17) is 10.1 Å². The fourth-order valence-electron chi connectivity index (χ4n) is 0. The van der Waals surface area contributed by atoms with Crippen LogP contribution in [0, 0.1) is 10.1 Å². The summed E-state index contributed by atoms with van der Waals surface area (Å²) in [6.45, 7) is 0. The van der Waals surface area contributed by atoms with Crippen LogP contribution in [0.3, 0.4) is 0 Å². The zero-order valence-electron chi connectivity index (χ0n) is 4.96. The second-order valence-corrected chi connectivity index (χ2v) is 0.329. The van der Waals surface area contributed by atoms with Crippen molar-refractivity contribution in [1.29, 1.82) is 0 Å². The summed E-state index contributed by atoms with van der Waals surface area (Å²) in [6, 6.07) is 0. The second-order valence-electron chi connectivity index (χ2n) is 0.329. The van der Waals surface area contributed by atoms with Gasteiger partial charge in [-0.1, -0.05) is 0 Å². The molecule has 6 heavy (non-hydrogen) atoms. The normalized spacial score (nSPS) is 5.50. The Kier molecular flexibility index (Phi) is 8.72. The topological polar surface area (TPSA) is 78.4 Å². The molecule has 5 nitrogen and oxygen atoms in total. The maximum atomic E-state index is 8.83. The molecule has 0 bridgehead atoms. The van der Waals surface area contributed by atoms with E-state index >= 15 is 0 Å². The Hall–Kier alpha value is 0.420. The van der Waals surface area contributed by atoms with Gasteiger partial charge in [0, 0.05) is 0 Å². The van der Waals surface area contributed by atoms with Crippen molar-refractivity contribution in [2.75, 3.05) is 0 Å². The molecule has 0 amide bonds. The molecular formula is H4CaN2O3. The third kappa shape index (κ3) is 8.83. The third-order valence-corrected chi connectivity index (χ3v) is 0.0861. The van der Waals surface area contributed by atoms with E-state index in [0.717, 1.165) is 0 Å². The minimum atomic E-state index is -1.10. The fraction of sp³-hybridized carbons (Fsp3) is 0. The van der Waals surface area contributed by atoms with Gasteiger partial charge >= 0.3 is 42.8 Å². The largest absolute Gasteiger partial charge is 2.00 e. The molecule has 0 aromatic heterocycles. The molecule has 0 aromatic carbocycles. The van der Waals surface area contributed by atoms with Gasteiger partial charge in [-0.15, -0.1) is 10.1 Å². The quantitative estimate of drug-likeness (QED) is 0.271. The van der Waals surface area contributed by atoms with Gasteiger partial charge in [0.1, 0.15) is 0 Å². The zero-order valence-corrected chi connectivity index (χ0v) is 5.16. The first-order valence-corrected chi connectivity index (χ1v) is 0.783. The standard InChI is InChI=1S/Ca.H2N2O3.2H/c;1-5-2(3)4;;/h;1H2;;/q+2;;2*-1. The molecule has 2 N–H and O–H groups in total. The summed E-state index contributed by atoms with van der Waals surface area (Å²) in [5, 5.41) is 7.73. The van der Waals surface area contributed by atoms with Crippen LogP contribution in [0.15, 0.2) is 0 Å². The van der Waals surface area contributed by atoms with Crippen molar-refractivity contribution in [3.05, 3.63) is 10.1 Å². The molecule has 0 atom stereocenters. The first kappa shape index (κ1) is 9.65. The van der Waals surface area contributed by atoms with Gasteiger partial charge in [-0.05, 0) is 0 Å². The van der Waals surface area contributed by atoms with Crippen LogP contribution < -0.4 is 5.90 Å². The number of rotatable bonds is 1. The van der Waals surface area contributed by atoms with E-state index in [-0.39, 0.29) is 40.6 Å². The maximum absolute atomic E-state index is 8.83. The average Bonchev–Trinajstić information content (AvgIpc) is 1.38. The molecule has 0 saturated heterocycles. The average molecular weight is 120 g/mol. The van der Waals surface area contributed by atoms with E-state index in [1.807, 2.05) is 0 Å². The van der Waals surface area contributed by atoms with Crippen LogP contribution in [-0.4, -0.2) is 42.8 Å². The Morgan fingerprint density at radius 2 is 2.17 bits per heavy atom. The maximum Gasteiger partial charge on any atom is 2.00 e. The summed E-state index contributed by atoms with van der Waals surface area (Å²) in [5.74, 6) is 3.97. The minimum Gasteiger partial charge on any atom is -1.00 e. The first-order valence-electron chi connectivity index (χ1n) is 0.783. The van der Waals surface area contributed by atoms with Crippen LogP contribution >= 0.6 is 0 Å². The molecule has 34 valence electrons. The van der Waals surface area contributed by atoms with Gasteiger partial charge in [-0.3, -0.25) is 0 Å². The fourth-order valence-corrected chi connectivity index (χ4v) is 0. The van der Waals surface area contributed by atoms with Crippen molar-refractivity contribution in [2.45, 2.75) is 0 Å². The van der Waals surface area contributed by atoms with Crippen molar-refractivity contribution < 1.29 is 12.9 Å². The predicted octanol–water partition coefficient (Wildman–Crippen LogP) is -1.09. The van der Waals surface area contributed by atoms with Gasteiger partial charge < -0.3 is 2.85 Å². The molecule has 0 aromatic rings. The van der Waals surface area contributed by atoms with Crippen LogP contribution in [0.2, 0.25) is 0 Å².